The molecule has 1 saturated heterocycles. The zero-order valence-electron chi connectivity index (χ0n) is 9.18. The number of amides is 1. The summed E-state index contributed by atoms with van der Waals surface area (Å²) in [6.45, 7) is 3.64. The number of pyridine rings is 1. The largest absolute Gasteiger partial charge is 0.337 e. The predicted molar refractivity (Wildman–Crippen MR) is 60.4 cm³/mol. The van der Waals surface area contributed by atoms with Gasteiger partial charge in [0.1, 0.15) is 11.3 Å². The van der Waals surface area contributed by atoms with E-state index in [0.29, 0.717) is 5.69 Å². The van der Waals surface area contributed by atoms with Crippen LogP contribution in [-0.4, -0.2) is 33.3 Å². The number of hydrogen-bond acceptors (Lipinski definition) is 2. The molecule has 0 saturated carbocycles. The number of fused-ring (bicyclic) bond motifs is 1. The lowest BCUT2D eigenvalue weighted by Crippen LogP contribution is -2.42. The van der Waals surface area contributed by atoms with E-state index in [1.54, 1.807) is 0 Å². The van der Waals surface area contributed by atoms with Crippen LogP contribution in [0.5, 0.6) is 0 Å². The van der Waals surface area contributed by atoms with Crippen LogP contribution in [0.25, 0.3) is 5.65 Å². The highest BCUT2D eigenvalue weighted by atomic mass is 16.2. The zero-order valence-corrected chi connectivity index (χ0v) is 9.18. The maximum absolute atomic E-state index is 12.2. The van der Waals surface area contributed by atoms with E-state index in [0.717, 1.165) is 30.9 Å². The van der Waals surface area contributed by atoms with Gasteiger partial charge in [0, 0.05) is 19.3 Å². The lowest BCUT2D eigenvalue weighted by molar-refractivity contribution is 0.0643. The molecule has 0 unspecified atom stereocenters. The summed E-state index contributed by atoms with van der Waals surface area (Å²) >= 11 is 0. The molecule has 2 aromatic rings. The van der Waals surface area contributed by atoms with Gasteiger partial charge in [-0.1, -0.05) is 6.07 Å². The van der Waals surface area contributed by atoms with Crippen molar-refractivity contribution >= 4 is 11.6 Å². The Bertz CT molecular complexity index is 554. The summed E-state index contributed by atoms with van der Waals surface area (Å²) in [4.78, 5) is 18.4. The smallest absolute Gasteiger partial charge is 0.272 e. The van der Waals surface area contributed by atoms with E-state index in [1.165, 1.54) is 0 Å². The Hall–Kier alpha value is -1.84. The lowest BCUT2D eigenvalue weighted by Gasteiger charge is -2.30. The number of nitrogens with zero attached hydrogens (tertiary/aromatic N) is 3. The minimum absolute atomic E-state index is 0.0995. The third-order valence-corrected chi connectivity index (χ3v) is 3.05. The Labute approximate surface area is 93.5 Å². The second kappa shape index (κ2) is 3.33. The molecule has 1 fully saturated rings. The van der Waals surface area contributed by atoms with Crippen molar-refractivity contribution in [1.29, 1.82) is 0 Å². The Kier molecular flexibility index (Phi) is 1.96. The van der Waals surface area contributed by atoms with Crippen molar-refractivity contribution in [3.05, 3.63) is 35.8 Å². The van der Waals surface area contributed by atoms with Crippen LogP contribution in [0.2, 0.25) is 0 Å². The summed E-state index contributed by atoms with van der Waals surface area (Å²) in [6.07, 6.45) is 3.00. The average molecular weight is 215 g/mol. The minimum atomic E-state index is 0.0995. The van der Waals surface area contributed by atoms with E-state index in [4.69, 9.17) is 0 Å². The van der Waals surface area contributed by atoms with Crippen LogP contribution in [0.4, 0.5) is 0 Å². The van der Waals surface area contributed by atoms with E-state index < -0.39 is 0 Å². The third-order valence-electron chi connectivity index (χ3n) is 3.05. The zero-order chi connectivity index (χ0) is 11.1. The fourth-order valence-corrected chi connectivity index (χ4v) is 2.04. The maximum Gasteiger partial charge on any atom is 0.272 e. The number of rotatable bonds is 1. The molecule has 0 bridgehead atoms. The summed E-state index contributed by atoms with van der Waals surface area (Å²) in [7, 11) is 0. The molecular weight excluding hydrogens is 202 g/mol. The van der Waals surface area contributed by atoms with Gasteiger partial charge in [-0.2, -0.15) is 0 Å². The summed E-state index contributed by atoms with van der Waals surface area (Å²) in [5, 5.41) is 0. The first-order valence-electron chi connectivity index (χ1n) is 5.50. The molecule has 3 heterocycles. The summed E-state index contributed by atoms with van der Waals surface area (Å²) < 4.78 is 1.87. The SMILES string of the molecule is Cc1nc2ccccn2c1C(=O)N1CCC1. The Morgan fingerprint density at radius 2 is 2.19 bits per heavy atom. The standard InChI is InChI=1S/C12H13N3O/c1-9-11(12(16)14-6-4-7-14)15-8-3-2-5-10(15)13-9/h2-3,5,8H,4,6-7H2,1H3. The van der Waals surface area contributed by atoms with Gasteiger partial charge in [0.25, 0.3) is 5.91 Å². The lowest BCUT2D eigenvalue weighted by atomic mass is 10.2. The molecule has 16 heavy (non-hydrogen) atoms. The van der Waals surface area contributed by atoms with E-state index >= 15 is 0 Å². The van der Waals surface area contributed by atoms with Crippen molar-refractivity contribution in [1.82, 2.24) is 14.3 Å². The third kappa shape index (κ3) is 1.23. The summed E-state index contributed by atoms with van der Waals surface area (Å²) in [5.41, 5.74) is 2.35. The second-order valence-corrected chi connectivity index (χ2v) is 4.12. The first kappa shape index (κ1) is 9.39. The predicted octanol–water partition coefficient (Wildman–Crippen LogP) is 1.49. The molecule has 2 aromatic heterocycles. The van der Waals surface area contributed by atoms with E-state index in [2.05, 4.69) is 4.98 Å². The Balaban J connectivity index is 2.14. The highest BCUT2D eigenvalue weighted by Gasteiger charge is 2.25. The number of carbonyl (C=O) groups excluding carboxylic acids is 1. The van der Waals surface area contributed by atoms with Crippen LogP contribution >= 0.6 is 0 Å². The van der Waals surface area contributed by atoms with Crippen molar-refractivity contribution in [2.24, 2.45) is 0 Å². The van der Waals surface area contributed by atoms with Crippen LogP contribution < -0.4 is 0 Å². The Morgan fingerprint density at radius 3 is 2.88 bits per heavy atom. The number of likely N-dealkylation sites (tertiary alicyclic amines) is 1. The molecular formula is C12H13N3O. The first-order valence-corrected chi connectivity index (χ1v) is 5.50. The van der Waals surface area contributed by atoms with Crippen LogP contribution in [0.1, 0.15) is 22.6 Å². The molecule has 4 nitrogen and oxygen atoms in total. The summed E-state index contributed by atoms with van der Waals surface area (Å²) in [6, 6.07) is 5.76. The van der Waals surface area contributed by atoms with Gasteiger partial charge in [0.05, 0.1) is 5.69 Å². The summed E-state index contributed by atoms with van der Waals surface area (Å²) in [5.74, 6) is 0.0995. The molecule has 1 aliphatic rings. The fraction of sp³-hybridized carbons (Fsp3) is 0.333. The van der Waals surface area contributed by atoms with Gasteiger partial charge >= 0.3 is 0 Å². The molecule has 0 spiro atoms. The van der Waals surface area contributed by atoms with Crippen molar-refractivity contribution in [3.63, 3.8) is 0 Å². The van der Waals surface area contributed by atoms with Crippen LogP contribution in [0.15, 0.2) is 24.4 Å². The van der Waals surface area contributed by atoms with E-state index in [9.17, 15) is 4.79 Å². The number of aryl methyl sites for hydroxylation is 1. The second-order valence-electron chi connectivity index (χ2n) is 4.12. The quantitative estimate of drug-likeness (QED) is 0.722. The number of imidazole rings is 1. The van der Waals surface area contributed by atoms with Gasteiger partial charge in [-0.05, 0) is 25.5 Å². The van der Waals surface area contributed by atoms with Crippen molar-refractivity contribution in [2.75, 3.05) is 13.1 Å². The monoisotopic (exact) mass is 215 g/mol. The molecule has 1 amide bonds. The molecule has 0 atom stereocenters. The van der Waals surface area contributed by atoms with Crippen molar-refractivity contribution < 1.29 is 4.79 Å². The van der Waals surface area contributed by atoms with Gasteiger partial charge in [-0.15, -0.1) is 0 Å². The molecule has 0 aromatic carbocycles. The van der Waals surface area contributed by atoms with Gasteiger partial charge in [-0.25, -0.2) is 4.98 Å². The minimum Gasteiger partial charge on any atom is -0.337 e. The molecule has 3 rings (SSSR count). The fourth-order valence-electron chi connectivity index (χ4n) is 2.04. The average Bonchev–Trinajstić information content (AvgIpc) is 2.50. The molecule has 0 radical (unpaired) electrons. The van der Waals surface area contributed by atoms with E-state index in [1.807, 2.05) is 40.6 Å². The molecule has 4 heteroatoms. The molecule has 0 aliphatic carbocycles. The van der Waals surface area contributed by atoms with Gasteiger partial charge in [0.2, 0.25) is 0 Å². The van der Waals surface area contributed by atoms with Gasteiger partial charge in [0.15, 0.2) is 0 Å². The molecule has 82 valence electrons. The van der Waals surface area contributed by atoms with E-state index in [-0.39, 0.29) is 5.91 Å². The number of carbonyl (C=O) groups is 1. The van der Waals surface area contributed by atoms with Gasteiger partial charge in [-0.3, -0.25) is 9.20 Å². The Morgan fingerprint density at radius 1 is 1.38 bits per heavy atom. The number of aromatic nitrogens is 2. The highest BCUT2D eigenvalue weighted by molar-refractivity contribution is 5.95. The first-order chi connectivity index (χ1) is 7.77. The van der Waals surface area contributed by atoms with Crippen LogP contribution in [-0.2, 0) is 0 Å². The van der Waals surface area contributed by atoms with Crippen LogP contribution in [0, 0.1) is 6.92 Å². The topological polar surface area (TPSA) is 37.6 Å². The van der Waals surface area contributed by atoms with Crippen molar-refractivity contribution in [3.8, 4) is 0 Å². The maximum atomic E-state index is 12.2. The normalized spacial score (nSPS) is 15.2. The van der Waals surface area contributed by atoms with Crippen molar-refractivity contribution in [2.45, 2.75) is 13.3 Å². The number of hydrogen-bond donors (Lipinski definition) is 0. The highest BCUT2D eigenvalue weighted by Crippen LogP contribution is 2.17. The van der Waals surface area contributed by atoms with Crippen LogP contribution in [0.3, 0.4) is 0 Å². The van der Waals surface area contributed by atoms with Gasteiger partial charge < -0.3 is 4.90 Å². The molecule has 1 aliphatic heterocycles. The molecule has 0 N–H and O–H groups in total.